The summed E-state index contributed by atoms with van der Waals surface area (Å²) in [7, 11) is -0.399. The first-order valence-electron chi connectivity index (χ1n) is 13.2. The normalized spacial score (nSPS) is 21.6. The first-order chi connectivity index (χ1) is 18.2. The van der Waals surface area contributed by atoms with Gasteiger partial charge in [-0.25, -0.2) is 4.99 Å². The summed E-state index contributed by atoms with van der Waals surface area (Å²) in [5.74, 6) is 0. The van der Waals surface area contributed by atoms with Gasteiger partial charge < -0.3 is 9.31 Å². The van der Waals surface area contributed by atoms with Gasteiger partial charge in [0.05, 0.1) is 22.6 Å². The predicted molar refractivity (Wildman–Crippen MR) is 161 cm³/mol. The lowest BCUT2D eigenvalue weighted by molar-refractivity contribution is 0.00578. The van der Waals surface area contributed by atoms with Crippen molar-refractivity contribution in [1.29, 1.82) is 0 Å². The van der Waals surface area contributed by atoms with Crippen LogP contribution < -0.4 is 5.46 Å². The molecule has 1 fully saturated rings. The minimum atomic E-state index is -0.399. The van der Waals surface area contributed by atoms with Crippen LogP contribution in [0.15, 0.2) is 114 Å². The van der Waals surface area contributed by atoms with Gasteiger partial charge >= 0.3 is 7.12 Å². The first-order valence-corrected chi connectivity index (χ1v) is 13.2. The zero-order chi connectivity index (χ0) is 26.5. The van der Waals surface area contributed by atoms with E-state index in [0.29, 0.717) is 0 Å². The summed E-state index contributed by atoms with van der Waals surface area (Å²) in [5, 5.41) is 4.85. The molecule has 0 atom stereocenters. The highest BCUT2D eigenvalue weighted by Gasteiger charge is 2.51. The van der Waals surface area contributed by atoms with Crippen molar-refractivity contribution in [3.63, 3.8) is 0 Å². The molecule has 188 valence electrons. The zero-order valence-corrected chi connectivity index (χ0v) is 22.5. The summed E-state index contributed by atoms with van der Waals surface area (Å²) >= 11 is 0. The number of rotatable bonds is 2. The monoisotopic (exact) mass is 497 g/mol. The molecule has 6 rings (SSSR count). The molecule has 4 aromatic rings. The van der Waals surface area contributed by atoms with Gasteiger partial charge in [-0.2, -0.15) is 0 Å². The Morgan fingerprint density at radius 3 is 1.97 bits per heavy atom. The maximum Gasteiger partial charge on any atom is 0.494 e. The lowest BCUT2D eigenvalue weighted by Gasteiger charge is -2.32. The highest BCUT2D eigenvalue weighted by Crippen LogP contribution is 2.40. The molecule has 3 nitrogen and oxygen atoms in total. The quantitative estimate of drug-likeness (QED) is 0.211. The second-order valence-electron chi connectivity index (χ2n) is 11.1. The number of hydrogen-bond acceptors (Lipinski definition) is 3. The van der Waals surface area contributed by atoms with E-state index in [1.165, 1.54) is 21.7 Å². The van der Waals surface area contributed by atoms with E-state index in [1.54, 1.807) is 0 Å². The molecule has 2 heterocycles. The van der Waals surface area contributed by atoms with Gasteiger partial charge in [0.2, 0.25) is 0 Å². The van der Waals surface area contributed by atoms with Crippen LogP contribution in [0, 0.1) is 0 Å². The number of nitrogens with zero attached hydrogens (tertiary/aromatic N) is 1. The molecular weight excluding hydrogens is 465 g/mol. The Labute approximate surface area is 225 Å². The lowest BCUT2D eigenvalue weighted by Crippen LogP contribution is -2.41. The third-order valence-electron chi connectivity index (χ3n) is 8.11. The van der Waals surface area contributed by atoms with Crippen LogP contribution in [0.2, 0.25) is 0 Å². The van der Waals surface area contributed by atoms with Crippen LogP contribution in [0.25, 0.3) is 21.5 Å². The van der Waals surface area contributed by atoms with Crippen molar-refractivity contribution in [3.8, 4) is 0 Å². The number of benzene rings is 4. The van der Waals surface area contributed by atoms with E-state index in [-0.39, 0.29) is 11.2 Å². The topological polar surface area (TPSA) is 30.8 Å². The summed E-state index contributed by atoms with van der Waals surface area (Å²) in [6.45, 7) is 12.7. The van der Waals surface area contributed by atoms with E-state index in [9.17, 15) is 0 Å². The molecule has 0 spiro atoms. The molecule has 38 heavy (non-hydrogen) atoms. The van der Waals surface area contributed by atoms with E-state index in [0.717, 1.165) is 39.8 Å². The van der Waals surface area contributed by atoms with E-state index in [4.69, 9.17) is 14.3 Å². The summed E-state index contributed by atoms with van der Waals surface area (Å²) in [4.78, 5) is 5.37. The van der Waals surface area contributed by atoms with Crippen LogP contribution in [-0.4, -0.2) is 24.0 Å². The smallest absolute Gasteiger partial charge is 0.399 e. The average Bonchev–Trinajstić information content (AvgIpc) is 3.14. The Morgan fingerprint density at radius 1 is 0.737 bits per heavy atom. The SMILES string of the molecule is C=C1/C=C\C=C/Cc2c(c3ccccc3c3ccccc23)/N=C\1c1ccc(B2OC(C)(C)C(C)(C)O2)cc1. The molecule has 0 N–H and O–H groups in total. The third kappa shape index (κ3) is 4.14. The number of hydrogen-bond donors (Lipinski definition) is 0. The summed E-state index contributed by atoms with van der Waals surface area (Å²) < 4.78 is 12.5. The van der Waals surface area contributed by atoms with Crippen molar-refractivity contribution in [2.24, 2.45) is 4.99 Å². The van der Waals surface area contributed by atoms with E-state index < -0.39 is 7.12 Å². The molecule has 0 bridgehead atoms. The second-order valence-corrected chi connectivity index (χ2v) is 11.1. The molecule has 0 amide bonds. The highest BCUT2D eigenvalue weighted by atomic mass is 16.7. The largest absolute Gasteiger partial charge is 0.494 e. The van der Waals surface area contributed by atoms with Crippen molar-refractivity contribution in [3.05, 3.63) is 120 Å². The Bertz CT molecular complexity index is 1640. The van der Waals surface area contributed by atoms with Gasteiger partial charge in [0.1, 0.15) is 0 Å². The fourth-order valence-electron chi connectivity index (χ4n) is 5.26. The molecule has 0 aromatic heterocycles. The van der Waals surface area contributed by atoms with Gasteiger partial charge in [0.25, 0.3) is 0 Å². The maximum atomic E-state index is 6.27. The molecule has 0 unspecified atom stereocenters. The van der Waals surface area contributed by atoms with Crippen molar-refractivity contribution in [1.82, 2.24) is 0 Å². The molecule has 4 heteroatoms. The van der Waals surface area contributed by atoms with Crippen molar-refractivity contribution in [2.45, 2.75) is 45.3 Å². The second kappa shape index (κ2) is 9.23. The molecule has 1 saturated heterocycles. The minimum absolute atomic E-state index is 0.378. The summed E-state index contributed by atoms with van der Waals surface area (Å²) in [6.07, 6.45) is 9.18. The van der Waals surface area contributed by atoms with Crippen molar-refractivity contribution >= 4 is 45.5 Å². The molecule has 0 aliphatic carbocycles. The lowest BCUT2D eigenvalue weighted by atomic mass is 9.78. The minimum Gasteiger partial charge on any atom is -0.399 e. The molecule has 2 aliphatic rings. The van der Waals surface area contributed by atoms with Gasteiger partial charge in [-0.3, -0.25) is 0 Å². The maximum absolute atomic E-state index is 6.27. The summed E-state index contributed by atoms with van der Waals surface area (Å²) in [6, 6.07) is 25.5. The third-order valence-corrected chi connectivity index (χ3v) is 8.11. The van der Waals surface area contributed by atoms with Crippen molar-refractivity contribution < 1.29 is 9.31 Å². The Hall–Kier alpha value is -3.73. The fraction of sp³-hybridized carbons (Fsp3) is 0.206. The van der Waals surface area contributed by atoms with Crippen LogP contribution in [0.3, 0.4) is 0 Å². The predicted octanol–water partition coefficient (Wildman–Crippen LogP) is 7.64. The van der Waals surface area contributed by atoms with Crippen LogP contribution in [0.4, 0.5) is 5.69 Å². The molecule has 0 saturated carbocycles. The molecule has 0 radical (unpaired) electrons. The zero-order valence-electron chi connectivity index (χ0n) is 22.5. The van der Waals surface area contributed by atoms with Crippen LogP contribution in [-0.2, 0) is 15.7 Å². The summed E-state index contributed by atoms with van der Waals surface area (Å²) in [5.41, 5.74) is 5.20. The standard InChI is InChI=1S/C34H32BNO2/c1-23-13-7-6-8-17-29-27-15-10-9-14-26(27)28-16-11-12-18-30(28)32(29)36-31(23)24-19-21-25(22-20-24)35-37-33(2,3)34(4,5)38-35/h6-16,18-22H,1,17H2,2-5H3/b8-6-,13-7-,36-31+. The van der Waals surface area contributed by atoms with Crippen LogP contribution in [0.1, 0.15) is 38.8 Å². The first kappa shape index (κ1) is 24.6. The number of aliphatic imine (C=N–C) groups is 1. The van der Waals surface area contributed by atoms with Gasteiger partial charge in [-0.1, -0.05) is 104 Å². The molecular formula is C34H32BNO2. The molecule has 4 aromatic carbocycles. The van der Waals surface area contributed by atoms with E-state index in [2.05, 4.69) is 119 Å². The van der Waals surface area contributed by atoms with E-state index >= 15 is 0 Å². The Balaban J connectivity index is 1.51. The van der Waals surface area contributed by atoms with Crippen LogP contribution >= 0.6 is 0 Å². The van der Waals surface area contributed by atoms with E-state index in [1.807, 2.05) is 12.2 Å². The number of allylic oxidation sites excluding steroid dienone is 5. The van der Waals surface area contributed by atoms with Crippen LogP contribution in [0.5, 0.6) is 0 Å². The number of fused-ring (bicyclic) bond motifs is 6. The molecule has 2 aliphatic heterocycles. The average molecular weight is 497 g/mol. The Kier molecular flexibility index (Phi) is 5.98. The van der Waals surface area contributed by atoms with Gasteiger partial charge in [-0.15, -0.1) is 0 Å². The van der Waals surface area contributed by atoms with Gasteiger partial charge in [0, 0.05) is 10.9 Å². The Morgan fingerprint density at radius 2 is 1.32 bits per heavy atom. The fourth-order valence-corrected chi connectivity index (χ4v) is 5.26. The van der Waals surface area contributed by atoms with Gasteiger partial charge in [-0.05, 0) is 66.9 Å². The van der Waals surface area contributed by atoms with Crippen molar-refractivity contribution in [2.75, 3.05) is 0 Å². The van der Waals surface area contributed by atoms with Gasteiger partial charge in [0.15, 0.2) is 0 Å². The highest BCUT2D eigenvalue weighted by molar-refractivity contribution is 6.62.